The summed E-state index contributed by atoms with van der Waals surface area (Å²) in [7, 11) is 0. The van der Waals surface area contributed by atoms with Gasteiger partial charge < -0.3 is 9.73 Å². The standard InChI is InChI=1S/C15H27NOS/c1-6-12(2)10-18-11-14-8-7-13(17-14)9-16-15(3,4)5/h7-8,12,16H,6,9-11H2,1-5H3. The van der Waals surface area contributed by atoms with Crippen LogP contribution in [0.1, 0.15) is 52.6 Å². The molecule has 1 rings (SSSR count). The Labute approximate surface area is 116 Å². The number of thioether (sulfide) groups is 1. The minimum atomic E-state index is 0.137. The van der Waals surface area contributed by atoms with Crippen LogP contribution in [-0.2, 0) is 12.3 Å². The summed E-state index contributed by atoms with van der Waals surface area (Å²) in [6.07, 6.45) is 1.26. The van der Waals surface area contributed by atoms with Crippen LogP contribution in [0.4, 0.5) is 0 Å². The van der Waals surface area contributed by atoms with Crippen LogP contribution in [0.3, 0.4) is 0 Å². The van der Waals surface area contributed by atoms with Crippen molar-refractivity contribution in [1.82, 2.24) is 5.32 Å². The van der Waals surface area contributed by atoms with Gasteiger partial charge in [0.2, 0.25) is 0 Å². The molecule has 1 atom stereocenters. The first-order valence-corrected chi connectivity index (χ1v) is 7.96. The number of hydrogen-bond donors (Lipinski definition) is 1. The van der Waals surface area contributed by atoms with Crippen molar-refractivity contribution in [1.29, 1.82) is 0 Å². The first-order chi connectivity index (χ1) is 8.40. The summed E-state index contributed by atoms with van der Waals surface area (Å²) in [4.78, 5) is 0. The van der Waals surface area contributed by atoms with Crippen LogP contribution in [0, 0.1) is 5.92 Å². The molecular weight excluding hydrogens is 242 g/mol. The fourth-order valence-corrected chi connectivity index (χ4v) is 2.54. The van der Waals surface area contributed by atoms with Gasteiger partial charge in [0.25, 0.3) is 0 Å². The van der Waals surface area contributed by atoms with Gasteiger partial charge in [0.15, 0.2) is 0 Å². The molecular formula is C15H27NOS. The van der Waals surface area contributed by atoms with Crippen molar-refractivity contribution in [2.75, 3.05) is 5.75 Å². The van der Waals surface area contributed by atoms with Gasteiger partial charge in [-0.2, -0.15) is 11.8 Å². The van der Waals surface area contributed by atoms with Gasteiger partial charge in [0, 0.05) is 5.54 Å². The van der Waals surface area contributed by atoms with E-state index in [0.29, 0.717) is 0 Å². The Balaban J connectivity index is 2.30. The molecule has 2 nitrogen and oxygen atoms in total. The maximum Gasteiger partial charge on any atom is 0.118 e. The lowest BCUT2D eigenvalue weighted by Crippen LogP contribution is -2.34. The van der Waals surface area contributed by atoms with E-state index in [9.17, 15) is 0 Å². The van der Waals surface area contributed by atoms with Gasteiger partial charge >= 0.3 is 0 Å². The summed E-state index contributed by atoms with van der Waals surface area (Å²) in [6, 6.07) is 4.18. The van der Waals surface area contributed by atoms with Crippen molar-refractivity contribution in [3.8, 4) is 0 Å². The second-order valence-corrected chi connectivity index (χ2v) is 7.03. The monoisotopic (exact) mass is 269 g/mol. The fourth-order valence-electron chi connectivity index (χ4n) is 1.43. The van der Waals surface area contributed by atoms with E-state index >= 15 is 0 Å². The molecule has 18 heavy (non-hydrogen) atoms. The first kappa shape index (κ1) is 15.6. The van der Waals surface area contributed by atoms with Crippen LogP contribution in [-0.4, -0.2) is 11.3 Å². The van der Waals surface area contributed by atoms with Crippen molar-refractivity contribution < 1.29 is 4.42 Å². The van der Waals surface area contributed by atoms with E-state index in [4.69, 9.17) is 4.42 Å². The van der Waals surface area contributed by atoms with Crippen LogP contribution in [0.2, 0.25) is 0 Å². The van der Waals surface area contributed by atoms with Crippen LogP contribution >= 0.6 is 11.8 Å². The minimum Gasteiger partial charge on any atom is -0.464 e. The Hall–Kier alpha value is -0.410. The highest BCUT2D eigenvalue weighted by atomic mass is 32.2. The van der Waals surface area contributed by atoms with Gasteiger partial charge in [-0.3, -0.25) is 0 Å². The van der Waals surface area contributed by atoms with Crippen molar-refractivity contribution in [3.05, 3.63) is 23.7 Å². The van der Waals surface area contributed by atoms with Crippen molar-refractivity contribution in [2.45, 2.75) is 58.9 Å². The smallest absolute Gasteiger partial charge is 0.118 e. The number of hydrogen-bond acceptors (Lipinski definition) is 3. The molecule has 1 aromatic heterocycles. The van der Waals surface area contributed by atoms with Gasteiger partial charge in [-0.1, -0.05) is 20.3 Å². The van der Waals surface area contributed by atoms with Crippen LogP contribution in [0.25, 0.3) is 0 Å². The molecule has 0 spiro atoms. The molecule has 0 aromatic carbocycles. The molecule has 0 fully saturated rings. The molecule has 0 aliphatic heterocycles. The van der Waals surface area contributed by atoms with Crippen LogP contribution < -0.4 is 5.32 Å². The highest BCUT2D eigenvalue weighted by molar-refractivity contribution is 7.98. The quantitative estimate of drug-likeness (QED) is 0.792. The third-order valence-electron chi connectivity index (χ3n) is 2.85. The van der Waals surface area contributed by atoms with Gasteiger partial charge in [-0.05, 0) is 44.6 Å². The summed E-state index contributed by atoms with van der Waals surface area (Å²) in [5.41, 5.74) is 0.137. The predicted molar refractivity (Wildman–Crippen MR) is 80.9 cm³/mol. The van der Waals surface area contributed by atoms with Gasteiger partial charge in [-0.25, -0.2) is 0 Å². The zero-order valence-corrected chi connectivity index (χ0v) is 13.2. The molecule has 0 radical (unpaired) electrons. The average Bonchev–Trinajstić information content (AvgIpc) is 2.73. The molecule has 0 saturated heterocycles. The summed E-state index contributed by atoms with van der Waals surface area (Å²) in [5, 5.41) is 3.43. The van der Waals surface area contributed by atoms with E-state index < -0.39 is 0 Å². The lowest BCUT2D eigenvalue weighted by molar-refractivity contribution is 0.382. The summed E-state index contributed by atoms with van der Waals surface area (Å²) in [6.45, 7) is 11.8. The van der Waals surface area contributed by atoms with Gasteiger partial charge in [0.1, 0.15) is 11.5 Å². The normalized spacial score (nSPS) is 13.8. The van der Waals surface area contributed by atoms with E-state index in [1.165, 1.54) is 12.2 Å². The SMILES string of the molecule is CCC(C)CSCc1ccc(CNC(C)(C)C)o1. The lowest BCUT2D eigenvalue weighted by atomic mass is 10.1. The van der Waals surface area contributed by atoms with E-state index in [2.05, 4.69) is 52.1 Å². The Morgan fingerprint density at radius 1 is 1.28 bits per heavy atom. The zero-order valence-electron chi connectivity index (χ0n) is 12.4. The molecule has 1 aromatic rings. The number of nitrogens with one attached hydrogen (secondary N) is 1. The average molecular weight is 269 g/mol. The van der Waals surface area contributed by atoms with E-state index in [-0.39, 0.29) is 5.54 Å². The Kier molecular flexibility index (Phi) is 6.30. The van der Waals surface area contributed by atoms with E-state index in [1.807, 2.05) is 11.8 Å². The molecule has 0 saturated carbocycles. The highest BCUT2D eigenvalue weighted by Gasteiger charge is 2.10. The third kappa shape index (κ3) is 6.50. The topological polar surface area (TPSA) is 25.2 Å². The highest BCUT2D eigenvalue weighted by Crippen LogP contribution is 2.19. The minimum absolute atomic E-state index is 0.137. The zero-order chi connectivity index (χ0) is 13.6. The Morgan fingerprint density at radius 3 is 2.56 bits per heavy atom. The maximum atomic E-state index is 5.81. The molecule has 0 amide bonds. The molecule has 3 heteroatoms. The molecule has 1 heterocycles. The largest absolute Gasteiger partial charge is 0.464 e. The predicted octanol–water partition coefficient (Wildman–Crippen LogP) is 4.45. The molecule has 0 aliphatic rings. The molecule has 0 aliphatic carbocycles. The Bertz CT molecular complexity index is 341. The first-order valence-electron chi connectivity index (χ1n) is 6.81. The maximum absolute atomic E-state index is 5.81. The second kappa shape index (κ2) is 7.25. The van der Waals surface area contributed by atoms with Crippen molar-refractivity contribution in [3.63, 3.8) is 0 Å². The van der Waals surface area contributed by atoms with Gasteiger partial charge in [0.05, 0.1) is 12.3 Å². The number of rotatable bonds is 7. The van der Waals surface area contributed by atoms with Gasteiger partial charge in [-0.15, -0.1) is 0 Å². The lowest BCUT2D eigenvalue weighted by Gasteiger charge is -2.19. The fraction of sp³-hybridized carbons (Fsp3) is 0.733. The Morgan fingerprint density at radius 2 is 1.94 bits per heavy atom. The van der Waals surface area contributed by atoms with E-state index in [0.717, 1.165) is 29.7 Å². The molecule has 0 bridgehead atoms. The van der Waals surface area contributed by atoms with Crippen molar-refractivity contribution in [2.24, 2.45) is 5.92 Å². The molecule has 104 valence electrons. The van der Waals surface area contributed by atoms with Crippen molar-refractivity contribution >= 4 is 11.8 Å². The van der Waals surface area contributed by atoms with E-state index in [1.54, 1.807) is 0 Å². The molecule has 1 N–H and O–H groups in total. The molecule has 1 unspecified atom stereocenters. The summed E-state index contributed by atoms with van der Waals surface area (Å²) in [5.74, 6) is 5.12. The van der Waals surface area contributed by atoms with Crippen LogP contribution in [0.15, 0.2) is 16.5 Å². The third-order valence-corrected chi connectivity index (χ3v) is 4.15. The summed E-state index contributed by atoms with van der Waals surface area (Å²) >= 11 is 1.96. The van der Waals surface area contributed by atoms with Crippen LogP contribution in [0.5, 0.6) is 0 Å². The second-order valence-electron chi connectivity index (χ2n) is 6.00. The summed E-state index contributed by atoms with van der Waals surface area (Å²) < 4.78 is 5.81. The number of furan rings is 1.